The van der Waals surface area contributed by atoms with Crippen LogP contribution in [0.2, 0.25) is 0 Å². The first kappa shape index (κ1) is 13.2. The average Bonchev–Trinajstić information content (AvgIpc) is 2.46. The summed E-state index contributed by atoms with van der Waals surface area (Å²) in [5.41, 5.74) is 0.987. The number of hydrogen-bond acceptors (Lipinski definition) is 2. The number of rotatable bonds is 1. The lowest BCUT2D eigenvalue weighted by atomic mass is 10.1. The van der Waals surface area contributed by atoms with E-state index in [1.54, 1.807) is 12.1 Å². The Morgan fingerprint density at radius 1 is 1.53 bits per heavy atom. The summed E-state index contributed by atoms with van der Waals surface area (Å²) in [6.45, 7) is 2.87. The van der Waals surface area contributed by atoms with E-state index in [0.29, 0.717) is 10.2 Å². The molecule has 17 heavy (non-hydrogen) atoms. The van der Waals surface area contributed by atoms with E-state index in [1.165, 1.54) is 6.07 Å². The molecule has 0 aliphatic carbocycles. The molecule has 0 radical (unpaired) electrons. The van der Waals surface area contributed by atoms with Gasteiger partial charge in [-0.3, -0.25) is 4.21 Å². The lowest BCUT2D eigenvalue weighted by Gasteiger charge is -2.16. The van der Waals surface area contributed by atoms with Gasteiger partial charge in [0, 0.05) is 27.8 Å². The van der Waals surface area contributed by atoms with Crippen molar-refractivity contribution in [3.05, 3.63) is 34.1 Å². The van der Waals surface area contributed by atoms with Crippen LogP contribution >= 0.6 is 15.9 Å². The van der Waals surface area contributed by atoms with Crippen molar-refractivity contribution in [3.8, 4) is 0 Å². The second-order valence-electron chi connectivity index (χ2n) is 4.33. The first-order chi connectivity index (χ1) is 8.08. The third kappa shape index (κ3) is 3.14. The number of nitrogens with one attached hydrogen (secondary N) is 1. The van der Waals surface area contributed by atoms with Gasteiger partial charge < -0.3 is 5.32 Å². The van der Waals surface area contributed by atoms with Crippen molar-refractivity contribution in [2.45, 2.75) is 24.6 Å². The summed E-state index contributed by atoms with van der Waals surface area (Å²) < 4.78 is 25.6. The molecule has 1 aromatic rings. The Labute approximate surface area is 112 Å². The summed E-state index contributed by atoms with van der Waals surface area (Å²) in [7, 11) is -0.816. The topological polar surface area (TPSA) is 29.1 Å². The summed E-state index contributed by atoms with van der Waals surface area (Å²) in [6.07, 6.45) is 0.922. The molecule has 0 amide bonds. The summed E-state index contributed by atoms with van der Waals surface area (Å²) in [5, 5.41) is 3.60. The number of halogens is 2. The Balaban J connectivity index is 2.21. The van der Waals surface area contributed by atoms with Crippen LogP contribution in [0.4, 0.5) is 4.39 Å². The Morgan fingerprint density at radius 2 is 2.29 bits per heavy atom. The van der Waals surface area contributed by atoms with Crippen LogP contribution in [-0.2, 0) is 10.8 Å². The van der Waals surface area contributed by atoms with Crippen molar-refractivity contribution in [3.63, 3.8) is 0 Å². The Hall–Kier alpha value is -0.260. The molecule has 1 fully saturated rings. The first-order valence-corrected chi connectivity index (χ1v) is 7.81. The molecule has 5 heteroatoms. The Kier molecular flexibility index (Phi) is 4.33. The SMILES string of the molecule is CC1CCNC(c2ccc(F)c(Br)c2)CS1=O. The molecule has 1 aliphatic heterocycles. The fourth-order valence-corrected chi connectivity index (χ4v) is 3.67. The van der Waals surface area contributed by atoms with Crippen molar-refractivity contribution in [1.29, 1.82) is 0 Å². The minimum absolute atomic E-state index is 0.0534. The summed E-state index contributed by atoms with van der Waals surface area (Å²) in [4.78, 5) is 0. The number of hydrogen-bond donors (Lipinski definition) is 1. The highest BCUT2D eigenvalue weighted by Crippen LogP contribution is 2.24. The highest BCUT2D eigenvalue weighted by Gasteiger charge is 2.23. The van der Waals surface area contributed by atoms with Crippen molar-refractivity contribution in [2.24, 2.45) is 0 Å². The zero-order chi connectivity index (χ0) is 12.4. The van der Waals surface area contributed by atoms with E-state index < -0.39 is 10.8 Å². The molecule has 1 saturated heterocycles. The molecule has 1 heterocycles. The van der Waals surface area contributed by atoms with Gasteiger partial charge in [0.15, 0.2) is 0 Å². The zero-order valence-electron chi connectivity index (χ0n) is 9.58. The maximum absolute atomic E-state index is 13.2. The second-order valence-corrected chi connectivity index (χ2v) is 7.08. The van der Waals surface area contributed by atoms with E-state index in [2.05, 4.69) is 21.2 Å². The lowest BCUT2D eigenvalue weighted by molar-refractivity contribution is 0.574. The molecular formula is C12H15BrFNOS. The highest BCUT2D eigenvalue weighted by atomic mass is 79.9. The van der Waals surface area contributed by atoms with E-state index in [1.807, 2.05) is 6.92 Å². The van der Waals surface area contributed by atoms with Crippen LogP contribution in [0.15, 0.2) is 22.7 Å². The summed E-state index contributed by atoms with van der Waals surface area (Å²) in [6, 6.07) is 5.02. The van der Waals surface area contributed by atoms with Crippen molar-refractivity contribution < 1.29 is 8.60 Å². The van der Waals surface area contributed by atoms with Crippen LogP contribution in [-0.4, -0.2) is 21.8 Å². The van der Waals surface area contributed by atoms with E-state index in [4.69, 9.17) is 0 Å². The van der Waals surface area contributed by atoms with Crippen LogP contribution in [0.5, 0.6) is 0 Å². The largest absolute Gasteiger partial charge is 0.309 e. The van der Waals surface area contributed by atoms with Gasteiger partial charge in [0.1, 0.15) is 5.82 Å². The highest BCUT2D eigenvalue weighted by molar-refractivity contribution is 9.10. The molecule has 0 spiro atoms. The molecule has 0 bridgehead atoms. The lowest BCUT2D eigenvalue weighted by Crippen LogP contribution is -2.24. The van der Waals surface area contributed by atoms with Gasteiger partial charge >= 0.3 is 0 Å². The van der Waals surface area contributed by atoms with Gasteiger partial charge in [0.25, 0.3) is 0 Å². The van der Waals surface area contributed by atoms with E-state index >= 15 is 0 Å². The molecule has 3 unspecified atom stereocenters. The van der Waals surface area contributed by atoms with Gasteiger partial charge in [-0.25, -0.2) is 4.39 Å². The third-order valence-electron chi connectivity index (χ3n) is 3.07. The Morgan fingerprint density at radius 3 is 3.00 bits per heavy atom. The van der Waals surface area contributed by atoms with Crippen LogP contribution < -0.4 is 5.32 Å². The van der Waals surface area contributed by atoms with Crippen molar-refractivity contribution in [2.75, 3.05) is 12.3 Å². The Bertz CT molecular complexity index is 441. The molecule has 3 atom stereocenters. The van der Waals surface area contributed by atoms with Crippen LogP contribution in [0.3, 0.4) is 0 Å². The normalized spacial score (nSPS) is 29.9. The minimum Gasteiger partial charge on any atom is -0.309 e. The minimum atomic E-state index is -0.816. The van der Waals surface area contributed by atoms with Crippen LogP contribution in [0.25, 0.3) is 0 Å². The average molecular weight is 320 g/mol. The smallest absolute Gasteiger partial charge is 0.137 e. The summed E-state index contributed by atoms with van der Waals surface area (Å²) >= 11 is 3.18. The van der Waals surface area contributed by atoms with Crippen molar-refractivity contribution >= 4 is 26.7 Å². The fourth-order valence-electron chi connectivity index (χ4n) is 1.92. The standard InChI is InChI=1S/C12H15BrFNOS/c1-8-4-5-15-12(7-17(8)16)9-2-3-11(14)10(13)6-9/h2-3,6,8,12,15H,4-5,7H2,1H3. The first-order valence-electron chi connectivity index (χ1n) is 5.63. The predicted octanol–water partition coefficient (Wildman–Crippen LogP) is 2.76. The molecule has 0 saturated carbocycles. The monoisotopic (exact) mass is 319 g/mol. The quantitative estimate of drug-likeness (QED) is 0.862. The van der Waals surface area contributed by atoms with E-state index in [-0.39, 0.29) is 17.1 Å². The van der Waals surface area contributed by atoms with Gasteiger partial charge in [-0.15, -0.1) is 0 Å². The van der Waals surface area contributed by atoms with Crippen LogP contribution in [0.1, 0.15) is 24.9 Å². The maximum Gasteiger partial charge on any atom is 0.137 e. The van der Waals surface area contributed by atoms with Crippen LogP contribution in [0, 0.1) is 5.82 Å². The third-order valence-corrected chi connectivity index (χ3v) is 5.47. The number of benzene rings is 1. The second kappa shape index (κ2) is 5.59. The van der Waals surface area contributed by atoms with Gasteiger partial charge in [-0.05, 0) is 46.6 Å². The molecule has 2 rings (SSSR count). The van der Waals surface area contributed by atoms with Gasteiger partial charge in [-0.2, -0.15) is 0 Å². The zero-order valence-corrected chi connectivity index (χ0v) is 12.0. The molecule has 2 nitrogen and oxygen atoms in total. The van der Waals surface area contributed by atoms with Crippen molar-refractivity contribution in [1.82, 2.24) is 5.32 Å². The summed E-state index contributed by atoms with van der Waals surface area (Å²) in [5.74, 6) is 0.330. The van der Waals surface area contributed by atoms with Gasteiger partial charge in [-0.1, -0.05) is 13.0 Å². The predicted molar refractivity (Wildman–Crippen MR) is 71.9 cm³/mol. The molecule has 1 N–H and O–H groups in total. The molecule has 94 valence electrons. The molecular weight excluding hydrogens is 305 g/mol. The van der Waals surface area contributed by atoms with E-state index in [9.17, 15) is 8.60 Å². The van der Waals surface area contributed by atoms with Gasteiger partial charge in [0.2, 0.25) is 0 Å². The van der Waals surface area contributed by atoms with Gasteiger partial charge in [0.05, 0.1) is 4.47 Å². The fraction of sp³-hybridized carbons (Fsp3) is 0.500. The maximum atomic E-state index is 13.2. The molecule has 1 aliphatic rings. The molecule has 1 aromatic carbocycles. The van der Waals surface area contributed by atoms with E-state index in [0.717, 1.165) is 18.5 Å². The molecule has 0 aromatic heterocycles.